The summed E-state index contributed by atoms with van der Waals surface area (Å²) in [6, 6.07) is 14.5. The standard InChI is InChI=1S/C33H34FN5/c1-20(2)24(6)36-29-17-27(18-35-19-29)21(3)14-15-32-23(5)33(39-38-32)25(7)37-31-13-9-12-30(22(31)4)26-10-8-11-28(34)16-26/h8-20,36-38H,5-7H2,1-4H3/b21-14+,32-15+. The fourth-order valence-corrected chi connectivity index (χ4v) is 4.09. The number of aromatic nitrogens is 3. The van der Waals surface area contributed by atoms with Crippen LogP contribution in [0.3, 0.4) is 0 Å². The number of rotatable bonds is 9. The first-order valence-electron chi connectivity index (χ1n) is 12.8. The van der Waals surface area contributed by atoms with Crippen molar-refractivity contribution >= 4 is 35.3 Å². The molecule has 2 heterocycles. The third-order valence-electron chi connectivity index (χ3n) is 6.64. The summed E-state index contributed by atoms with van der Waals surface area (Å²) in [5.41, 5.74) is 8.76. The molecule has 0 aliphatic heterocycles. The van der Waals surface area contributed by atoms with Crippen molar-refractivity contribution in [1.82, 2.24) is 15.2 Å². The molecule has 2 aromatic heterocycles. The highest BCUT2D eigenvalue weighted by Gasteiger charge is 2.11. The fraction of sp³-hybridized carbons (Fsp3) is 0.152. The molecule has 0 amide bonds. The minimum Gasteiger partial charge on any atom is -0.358 e. The van der Waals surface area contributed by atoms with Gasteiger partial charge in [0.25, 0.3) is 0 Å². The molecule has 39 heavy (non-hydrogen) atoms. The molecule has 0 unspecified atom stereocenters. The van der Waals surface area contributed by atoms with E-state index in [1.807, 2.05) is 56.5 Å². The van der Waals surface area contributed by atoms with Crippen molar-refractivity contribution < 1.29 is 4.39 Å². The molecule has 0 radical (unpaired) electrons. The van der Waals surface area contributed by atoms with Crippen LogP contribution in [-0.4, -0.2) is 15.2 Å². The van der Waals surface area contributed by atoms with E-state index in [-0.39, 0.29) is 5.82 Å². The topological polar surface area (TPSA) is 65.6 Å². The molecule has 0 fully saturated rings. The Morgan fingerprint density at radius 1 is 1.05 bits per heavy atom. The van der Waals surface area contributed by atoms with E-state index in [9.17, 15) is 4.39 Å². The fourth-order valence-electron chi connectivity index (χ4n) is 4.09. The first-order valence-corrected chi connectivity index (χ1v) is 12.8. The van der Waals surface area contributed by atoms with Crippen LogP contribution in [0.25, 0.3) is 35.1 Å². The molecule has 0 aliphatic carbocycles. The van der Waals surface area contributed by atoms with Crippen LogP contribution in [0.15, 0.2) is 85.9 Å². The molecule has 4 aromatic rings. The van der Waals surface area contributed by atoms with E-state index in [0.29, 0.717) is 17.3 Å². The second kappa shape index (κ2) is 11.8. The Balaban J connectivity index is 1.54. The lowest BCUT2D eigenvalue weighted by Gasteiger charge is -2.14. The molecule has 2 aromatic carbocycles. The zero-order valence-electron chi connectivity index (χ0n) is 22.9. The molecule has 3 N–H and O–H groups in total. The van der Waals surface area contributed by atoms with Crippen LogP contribution in [0.1, 0.15) is 37.6 Å². The average Bonchev–Trinajstić information content (AvgIpc) is 3.28. The molecule has 0 saturated heterocycles. The molecule has 0 saturated carbocycles. The highest BCUT2D eigenvalue weighted by atomic mass is 19.1. The van der Waals surface area contributed by atoms with Crippen molar-refractivity contribution in [3.05, 3.63) is 119 Å². The molecular formula is C33H34FN5. The zero-order chi connectivity index (χ0) is 28.1. The summed E-state index contributed by atoms with van der Waals surface area (Å²) in [5.74, 6) is 0.0628. The summed E-state index contributed by atoms with van der Waals surface area (Å²) in [6.07, 6.45) is 7.58. The van der Waals surface area contributed by atoms with E-state index in [1.54, 1.807) is 12.3 Å². The minimum atomic E-state index is -0.265. The van der Waals surface area contributed by atoms with Crippen LogP contribution >= 0.6 is 0 Å². The largest absolute Gasteiger partial charge is 0.358 e. The number of halogens is 1. The van der Waals surface area contributed by atoms with Crippen LogP contribution in [0, 0.1) is 18.7 Å². The van der Waals surface area contributed by atoms with Crippen LogP contribution in [0.2, 0.25) is 0 Å². The molecule has 0 aliphatic rings. The quantitative estimate of drug-likeness (QED) is 0.226. The first kappa shape index (κ1) is 27.3. The maximum Gasteiger partial charge on any atom is 0.123 e. The maximum absolute atomic E-state index is 13.8. The highest BCUT2D eigenvalue weighted by Crippen LogP contribution is 2.30. The lowest BCUT2D eigenvalue weighted by molar-refractivity contribution is 0.628. The number of benzene rings is 2. The lowest BCUT2D eigenvalue weighted by Crippen LogP contribution is -2.23. The van der Waals surface area contributed by atoms with Gasteiger partial charge in [0.05, 0.1) is 22.9 Å². The van der Waals surface area contributed by atoms with E-state index in [1.165, 1.54) is 12.1 Å². The molecular weight excluding hydrogens is 485 g/mol. The SMILES string of the molecule is C=C(Nc1cccc(-c2cccc(F)c2)c1C)c1n[nH]/c(=C/C=C(\C)c2cncc(NC(=C)C(C)C)c2)c1=C. The van der Waals surface area contributed by atoms with Crippen LogP contribution < -0.4 is 21.2 Å². The van der Waals surface area contributed by atoms with E-state index in [0.717, 1.165) is 55.5 Å². The zero-order valence-corrected chi connectivity index (χ0v) is 22.9. The highest BCUT2D eigenvalue weighted by molar-refractivity contribution is 5.80. The summed E-state index contributed by atoms with van der Waals surface area (Å²) in [7, 11) is 0. The van der Waals surface area contributed by atoms with Gasteiger partial charge in [0.2, 0.25) is 0 Å². The van der Waals surface area contributed by atoms with E-state index < -0.39 is 0 Å². The molecule has 5 nitrogen and oxygen atoms in total. The Morgan fingerprint density at radius 2 is 1.82 bits per heavy atom. The van der Waals surface area contributed by atoms with Gasteiger partial charge in [-0.25, -0.2) is 4.39 Å². The van der Waals surface area contributed by atoms with Gasteiger partial charge in [-0.1, -0.05) is 63.9 Å². The normalized spacial score (nSPS) is 12.1. The van der Waals surface area contributed by atoms with Crippen LogP contribution in [-0.2, 0) is 0 Å². The number of nitrogens with zero attached hydrogens (tertiary/aromatic N) is 2. The number of anilines is 2. The number of aromatic amines is 1. The van der Waals surface area contributed by atoms with Gasteiger partial charge in [-0.05, 0) is 77.9 Å². The number of hydrogen-bond acceptors (Lipinski definition) is 4. The van der Waals surface area contributed by atoms with E-state index >= 15 is 0 Å². The predicted octanol–water partition coefficient (Wildman–Crippen LogP) is 6.88. The number of H-pyrrole nitrogens is 1. The van der Waals surface area contributed by atoms with Gasteiger partial charge in [0.1, 0.15) is 11.5 Å². The second-order valence-electron chi connectivity index (χ2n) is 9.84. The van der Waals surface area contributed by atoms with Crippen LogP contribution in [0.5, 0.6) is 0 Å². The number of pyridine rings is 1. The Kier molecular flexibility index (Phi) is 8.25. The van der Waals surface area contributed by atoms with Crippen molar-refractivity contribution in [2.24, 2.45) is 5.92 Å². The molecule has 198 valence electrons. The van der Waals surface area contributed by atoms with Crippen molar-refractivity contribution in [2.75, 3.05) is 10.6 Å². The third kappa shape index (κ3) is 6.41. The van der Waals surface area contributed by atoms with Crippen LogP contribution in [0.4, 0.5) is 15.8 Å². The molecule has 0 bridgehead atoms. The summed E-state index contributed by atoms with van der Waals surface area (Å²) < 4.78 is 13.8. The van der Waals surface area contributed by atoms with Gasteiger partial charge in [-0.3, -0.25) is 10.1 Å². The summed E-state index contributed by atoms with van der Waals surface area (Å²) in [4.78, 5) is 4.37. The summed E-state index contributed by atoms with van der Waals surface area (Å²) in [6.45, 7) is 20.7. The van der Waals surface area contributed by atoms with Gasteiger partial charge in [-0.2, -0.15) is 5.10 Å². The first-order chi connectivity index (χ1) is 18.6. The Hall–Kier alpha value is -4.71. The number of nitrogens with one attached hydrogen (secondary N) is 3. The summed E-state index contributed by atoms with van der Waals surface area (Å²) >= 11 is 0. The molecule has 6 heteroatoms. The number of allylic oxidation sites excluding steroid dienone is 3. The van der Waals surface area contributed by atoms with Gasteiger partial charge < -0.3 is 10.6 Å². The van der Waals surface area contributed by atoms with E-state index in [4.69, 9.17) is 0 Å². The minimum absolute atomic E-state index is 0.265. The van der Waals surface area contributed by atoms with Crippen molar-refractivity contribution in [3.8, 4) is 11.1 Å². The van der Waals surface area contributed by atoms with E-state index in [2.05, 4.69) is 65.5 Å². The molecule has 4 rings (SSSR count). The van der Waals surface area contributed by atoms with Crippen molar-refractivity contribution in [3.63, 3.8) is 0 Å². The predicted molar refractivity (Wildman–Crippen MR) is 163 cm³/mol. The molecule has 0 spiro atoms. The number of hydrogen-bond donors (Lipinski definition) is 3. The van der Waals surface area contributed by atoms with Gasteiger partial charge in [0, 0.05) is 22.8 Å². The molecule has 0 atom stereocenters. The summed E-state index contributed by atoms with van der Waals surface area (Å²) in [5, 5.41) is 15.7. The Morgan fingerprint density at radius 3 is 2.56 bits per heavy atom. The lowest BCUT2D eigenvalue weighted by atomic mass is 9.99. The second-order valence-corrected chi connectivity index (χ2v) is 9.84. The monoisotopic (exact) mass is 519 g/mol. The third-order valence-corrected chi connectivity index (χ3v) is 6.64. The van der Waals surface area contributed by atoms with Gasteiger partial charge in [0.15, 0.2) is 0 Å². The average molecular weight is 520 g/mol. The van der Waals surface area contributed by atoms with Crippen molar-refractivity contribution in [2.45, 2.75) is 27.7 Å². The Bertz CT molecular complexity index is 1680. The van der Waals surface area contributed by atoms with Gasteiger partial charge in [-0.15, -0.1) is 0 Å². The smallest absolute Gasteiger partial charge is 0.123 e. The van der Waals surface area contributed by atoms with Gasteiger partial charge >= 0.3 is 0 Å². The maximum atomic E-state index is 13.8. The van der Waals surface area contributed by atoms with Crippen molar-refractivity contribution in [1.29, 1.82) is 0 Å². The Labute approximate surface area is 229 Å².